The molecule has 5 aromatic rings. The standard InChI is InChI=1S/C53H63N11O6/c1-6-32-11-12-38-40(18-24-70-45(38)25-32)57-49(67)43-26-36(65)30-64(43)50(68)47(53(3,4)5)58-52(69)62-21-15-35(16-22-62)61-19-13-33(14-20-61)34-28-54-51(55-29-34)63-23-17-41-46(31(63)2)39-27-42(59-60-48(39)56-41)37-9-7-8-10-44(37)66/h1,7-12,25,27-29,31,33,35-36,40,43,47,65-66H,13-24,26,30H2,2-5H3,(H,56,60)(H,57,67)(H,58,69)/t31-,36-,40-,43+,47-/m1/s1. The lowest BCUT2D eigenvalue weighted by Gasteiger charge is -2.42. The van der Waals surface area contributed by atoms with Crippen LogP contribution in [0.2, 0.25) is 0 Å². The first-order valence-corrected chi connectivity index (χ1v) is 24.8. The highest BCUT2D eigenvalue weighted by molar-refractivity contribution is 5.93. The fourth-order valence-corrected chi connectivity index (χ4v) is 11.4. The van der Waals surface area contributed by atoms with Gasteiger partial charge in [-0.3, -0.25) is 9.59 Å². The predicted octanol–water partition coefficient (Wildman–Crippen LogP) is 5.60. The number of fused-ring (bicyclic) bond motifs is 4. The van der Waals surface area contributed by atoms with Crippen LogP contribution >= 0.6 is 0 Å². The minimum Gasteiger partial charge on any atom is -0.507 e. The summed E-state index contributed by atoms with van der Waals surface area (Å²) in [5, 5.41) is 37.3. The molecule has 0 saturated carbocycles. The van der Waals surface area contributed by atoms with E-state index in [0.717, 1.165) is 85.2 Å². The maximum Gasteiger partial charge on any atom is 0.318 e. The van der Waals surface area contributed by atoms with E-state index in [9.17, 15) is 24.6 Å². The molecule has 5 atom stereocenters. The Morgan fingerprint density at radius 2 is 1.71 bits per heavy atom. The zero-order valence-electron chi connectivity index (χ0n) is 40.4. The average molecular weight is 950 g/mol. The number of aromatic amines is 1. The van der Waals surface area contributed by atoms with Gasteiger partial charge in [-0.25, -0.2) is 14.8 Å². The van der Waals surface area contributed by atoms with E-state index in [-0.39, 0.29) is 48.6 Å². The number of nitrogens with one attached hydrogen (secondary N) is 3. The summed E-state index contributed by atoms with van der Waals surface area (Å²) in [6, 6.07) is 12.5. The Morgan fingerprint density at radius 1 is 0.957 bits per heavy atom. The smallest absolute Gasteiger partial charge is 0.318 e. The van der Waals surface area contributed by atoms with Crippen LogP contribution in [0.1, 0.15) is 112 Å². The Morgan fingerprint density at radius 3 is 2.44 bits per heavy atom. The number of phenols is 1. The molecule has 5 N–H and O–H groups in total. The number of aliphatic hydroxyl groups excluding tert-OH is 1. The van der Waals surface area contributed by atoms with Gasteiger partial charge in [0.25, 0.3) is 0 Å². The number of β-amino-alcohol motifs (C(OH)–C–C–N with tert-alkyl or cyclic N) is 1. The van der Waals surface area contributed by atoms with E-state index in [0.29, 0.717) is 66.6 Å². The summed E-state index contributed by atoms with van der Waals surface area (Å²) in [5.41, 5.74) is 6.26. The molecule has 2 aromatic carbocycles. The van der Waals surface area contributed by atoms with Crippen LogP contribution in [-0.2, 0) is 16.0 Å². The number of piperidine rings is 2. The predicted molar refractivity (Wildman–Crippen MR) is 264 cm³/mol. The third-order valence-corrected chi connectivity index (χ3v) is 15.3. The topological polar surface area (TPSA) is 205 Å². The molecule has 0 aliphatic carbocycles. The number of hydrogen-bond donors (Lipinski definition) is 5. The Bertz CT molecular complexity index is 2800. The highest BCUT2D eigenvalue weighted by Crippen LogP contribution is 2.40. The molecule has 366 valence electrons. The molecular formula is C53H63N11O6. The number of likely N-dealkylation sites (tertiary alicyclic amines) is 3. The second-order valence-corrected chi connectivity index (χ2v) is 20.7. The van der Waals surface area contributed by atoms with Gasteiger partial charge in [0, 0.05) is 97.2 Å². The monoisotopic (exact) mass is 949 g/mol. The van der Waals surface area contributed by atoms with Gasteiger partial charge in [0.2, 0.25) is 17.8 Å². The van der Waals surface area contributed by atoms with Gasteiger partial charge in [-0.2, -0.15) is 0 Å². The SMILES string of the molecule is C#Cc1ccc2c(c1)OCC[C@H]2NC(=O)[C@@H]1C[C@@H](O)CN1C(=O)[C@@H](NC(=O)N1CCC(N2CCC(c3cnc(N4CCc5[nH]c6nnc(-c7ccccc7O)cc6c5[C@H]4C)nc3)CC2)CC1)C(C)(C)C. The van der Waals surface area contributed by atoms with Gasteiger partial charge >= 0.3 is 6.03 Å². The van der Waals surface area contributed by atoms with Crippen LogP contribution in [-0.4, -0.2) is 138 Å². The summed E-state index contributed by atoms with van der Waals surface area (Å²) in [5.74, 6) is 3.72. The van der Waals surface area contributed by atoms with Gasteiger partial charge in [0.15, 0.2) is 5.65 Å². The van der Waals surface area contributed by atoms with Crippen LogP contribution in [0.5, 0.6) is 11.5 Å². The number of urea groups is 1. The molecule has 10 rings (SSSR count). The van der Waals surface area contributed by atoms with Gasteiger partial charge < -0.3 is 50.2 Å². The summed E-state index contributed by atoms with van der Waals surface area (Å²) in [6.07, 6.45) is 13.8. The maximum absolute atomic E-state index is 14.4. The molecule has 17 nitrogen and oxygen atoms in total. The zero-order valence-corrected chi connectivity index (χ0v) is 40.4. The van der Waals surface area contributed by atoms with Gasteiger partial charge in [-0.1, -0.05) is 44.9 Å². The number of aromatic hydroxyl groups is 1. The number of benzene rings is 2. The molecule has 0 unspecified atom stereocenters. The number of aliphatic hydroxyl groups is 1. The van der Waals surface area contributed by atoms with Gasteiger partial charge in [-0.15, -0.1) is 16.6 Å². The van der Waals surface area contributed by atoms with E-state index < -0.39 is 23.6 Å². The Hall–Kier alpha value is -6.77. The van der Waals surface area contributed by atoms with Gasteiger partial charge in [0.1, 0.15) is 23.6 Å². The summed E-state index contributed by atoms with van der Waals surface area (Å²) in [7, 11) is 0. The van der Waals surface area contributed by atoms with Crippen LogP contribution < -0.4 is 20.3 Å². The van der Waals surface area contributed by atoms with Crippen molar-refractivity contribution in [2.24, 2.45) is 5.41 Å². The molecule has 5 aliphatic heterocycles. The number of amides is 4. The summed E-state index contributed by atoms with van der Waals surface area (Å²) in [6.45, 7) is 12.1. The number of anilines is 1. The highest BCUT2D eigenvalue weighted by atomic mass is 16.5. The van der Waals surface area contributed by atoms with Gasteiger partial charge in [-0.05, 0) is 92.9 Å². The van der Waals surface area contributed by atoms with Crippen molar-refractivity contribution in [3.8, 4) is 35.1 Å². The van der Waals surface area contributed by atoms with E-state index in [1.54, 1.807) is 23.1 Å². The first-order valence-electron chi connectivity index (χ1n) is 24.8. The molecule has 0 spiro atoms. The molecule has 3 saturated heterocycles. The molecule has 5 aliphatic rings. The van der Waals surface area contributed by atoms with Crippen molar-refractivity contribution in [1.82, 2.24) is 50.5 Å². The highest BCUT2D eigenvalue weighted by Gasteiger charge is 2.46. The number of terminal acetylenes is 1. The van der Waals surface area contributed by atoms with Crippen LogP contribution in [0.15, 0.2) is 60.9 Å². The molecule has 17 heteroatoms. The third kappa shape index (κ3) is 9.22. The second kappa shape index (κ2) is 19.2. The number of H-pyrrole nitrogens is 1. The van der Waals surface area contributed by atoms with Crippen molar-refractivity contribution in [3.05, 3.63) is 88.9 Å². The largest absolute Gasteiger partial charge is 0.507 e. The number of carbonyl (C=O) groups is 3. The van der Waals surface area contributed by atoms with Crippen molar-refractivity contribution in [1.29, 1.82) is 0 Å². The number of aromatic nitrogens is 5. The van der Waals surface area contributed by atoms with Crippen LogP contribution in [0.25, 0.3) is 22.3 Å². The van der Waals surface area contributed by atoms with Crippen LogP contribution in [0.4, 0.5) is 10.7 Å². The number of carbonyl (C=O) groups excluding carboxylic acids is 3. The van der Waals surface area contributed by atoms with Crippen molar-refractivity contribution in [3.63, 3.8) is 0 Å². The lowest BCUT2D eigenvalue weighted by atomic mass is 9.85. The first kappa shape index (κ1) is 46.9. The van der Waals surface area contributed by atoms with Crippen molar-refractivity contribution in [2.75, 3.05) is 50.8 Å². The Labute approximate surface area is 408 Å². The molecule has 0 radical (unpaired) electrons. The average Bonchev–Trinajstić information content (AvgIpc) is 3.96. The normalized spacial score (nSPS) is 22.7. The third-order valence-electron chi connectivity index (χ3n) is 15.3. The summed E-state index contributed by atoms with van der Waals surface area (Å²) < 4.78 is 5.83. The molecule has 3 fully saturated rings. The van der Waals surface area contributed by atoms with E-state index in [4.69, 9.17) is 21.1 Å². The van der Waals surface area contributed by atoms with Crippen molar-refractivity contribution in [2.45, 2.75) is 115 Å². The first-order chi connectivity index (χ1) is 33.7. The molecule has 3 aromatic heterocycles. The van der Waals surface area contributed by atoms with Gasteiger partial charge in [0.05, 0.1) is 30.5 Å². The zero-order chi connectivity index (χ0) is 48.8. The molecular weight excluding hydrogens is 887 g/mol. The van der Waals surface area contributed by atoms with Crippen molar-refractivity contribution >= 4 is 34.8 Å². The van der Waals surface area contributed by atoms with E-state index >= 15 is 0 Å². The quantitative estimate of drug-likeness (QED) is 0.121. The second-order valence-electron chi connectivity index (χ2n) is 20.7. The molecule has 0 bridgehead atoms. The number of rotatable bonds is 8. The number of hydrogen-bond acceptors (Lipinski definition) is 12. The number of para-hydroxylation sites is 1. The van der Waals surface area contributed by atoms with E-state index in [1.165, 1.54) is 4.90 Å². The van der Waals surface area contributed by atoms with E-state index in [2.05, 4.69) is 48.5 Å². The lowest BCUT2D eigenvalue weighted by molar-refractivity contribution is -0.142. The Kier molecular flexibility index (Phi) is 12.9. The summed E-state index contributed by atoms with van der Waals surface area (Å²) in [4.78, 5) is 63.5. The summed E-state index contributed by atoms with van der Waals surface area (Å²) >= 11 is 0. The van der Waals surface area contributed by atoms with Crippen molar-refractivity contribution < 1.29 is 29.3 Å². The minimum atomic E-state index is -0.919. The lowest BCUT2D eigenvalue weighted by Crippen LogP contribution is -2.60. The molecule has 4 amide bonds. The van der Waals surface area contributed by atoms with E-state index in [1.807, 2.05) is 63.5 Å². The fraction of sp³-hybridized carbons (Fsp3) is 0.491. The number of phenolic OH excluding ortho intramolecular Hbond substituents is 1. The minimum absolute atomic E-state index is 0.00171. The van der Waals surface area contributed by atoms with Crippen LogP contribution in [0, 0.1) is 17.8 Å². The Balaban J connectivity index is 0.714. The maximum atomic E-state index is 14.4. The van der Waals surface area contributed by atoms with Crippen LogP contribution in [0.3, 0.4) is 0 Å². The number of ether oxygens (including phenoxy) is 1. The molecule has 8 heterocycles. The molecule has 70 heavy (non-hydrogen) atoms. The number of nitrogens with zero attached hydrogens (tertiary/aromatic N) is 8. The fourth-order valence-electron chi connectivity index (χ4n) is 11.4.